The second-order valence-corrected chi connectivity index (χ2v) is 8.86. The van der Waals surface area contributed by atoms with Gasteiger partial charge < -0.3 is 16.0 Å². The Morgan fingerprint density at radius 2 is 2.00 bits per heavy atom. The van der Waals surface area contributed by atoms with Gasteiger partial charge in [-0.05, 0) is 45.3 Å². The normalized spacial score (nSPS) is 25.5. The van der Waals surface area contributed by atoms with E-state index < -0.39 is 0 Å². The van der Waals surface area contributed by atoms with Crippen LogP contribution in [0.1, 0.15) is 65.2 Å². The number of rotatable bonds is 7. The average molecular weight is 355 g/mol. The monoisotopic (exact) mass is 354 g/mol. The minimum atomic E-state index is 0.156. The Morgan fingerprint density at radius 3 is 2.67 bits per heavy atom. The summed E-state index contributed by atoms with van der Waals surface area (Å²) in [7, 11) is 0. The topological polar surface area (TPSA) is 65.5 Å². The van der Waals surface area contributed by atoms with Crippen LogP contribution in [0.4, 0.5) is 0 Å². The number of hydrogen-bond acceptors (Lipinski definition) is 3. The van der Waals surface area contributed by atoms with Gasteiger partial charge in [0.2, 0.25) is 5.91 Å². The molecule has 1 atom stereocenters. The van der Waals surface area contributed by atoms with E-state index in [9.17, 15) is 4.79 Å². The SMILES string of the molecule is CCNC(=NCC1(C)CCCS1)NCCC(=O)NC1CCCCC1. The van der Waals surface area contributed by atoms with Gasteiger partial charge in [-0.1, -0.05) is 19.3 Å². The fraction of sp³-hybridized carbons (Fsp3) is 0.889. The number of hydrogen-bond donors (Lipinski definition) is 3. The molecule has 1 amide bonds. The number of aliphatic imine (C=N–C) groups is 1. The molecule has 2 fully saturated rings. The highest BCUT2D eigenvalue weighted by molar-refractivity contribution is 8.00. The Balaban J connectivity index is 1.69. The number of guanidine groups is 1. The molecule has 1 saturated heterocycles. The van der Waals surface area contributed by atoms with E-state index in [-0.39, 0.29) is 10.7 Å². The zero-order valence-electron chi connectivity index (χ0n) is 15.3. The van der Waals surface area contributed by atoms with Crippen molar-refractivity contribution < 1.29 is 4.79 Å². The largest absolute Gasteiger partial charge is 0.357 e. The molecule has 0 aromatic carbocycles. The lowest BCUT2D eigenvalue weighted by molar-refractivity contribution is -0.121. The number of amides is 1. The predicted octanol–water partition coefficient (Wildman–Crippen LogP) is 2.67. The van der Waals surface area contributed by atoms with Gasteiger partial charge in [0.25, 0.3) is 0 Å². The van der Waals surface area contributed by atoms with E-state index in [0.29, 0.717) is 19.0 Å². The number of nitrogens with zero attached hydrogens (tertiary/aromatic N) is 1. The summed E-state index contributed by atoms with van der Waals surface area (Å²) in [6.07, 6.45) is 9.13. The van der Waals surface area contributed by atoms with E-state index in [0.717, 1.165) is 31.9 Å². The van der Waals surface area contributed by atoms with Gasteiger partial charge in [0.15, 0.2) is 5.96 Å². The summed E-state index contributed by atoms with van der Waals surface area (Å²) >= 11 is 2.03. The third-order valence-corrected chi connectivity index (χ3v) is 6.35. The molecule has 0 aromatic heterocycles. The van der Waals surface area contributed by atoms with Gasteiger partial charge in [-0.2, -0.15) is 11.8 Å². The van der Waals surface area contributed by atoms with E-state index in [1.54, 1.807) is 0 Å². The quantitative estimate of drug-likeness (QED) is 0.486. The van der Waals surface area contributed by atoms with Crippen LogP contribution in [0.3, 0.4) is 0 Å². The van der Waals surface area contributed by atoms with Gasteiger partial charge in [0, 0.05) is 30.3 Å². The summed E-state index contributed by atoms with van der Waals surface area (Å²) in [5.41, 5.74) is 0. The average Bonchev–Trinajstić information content (AvgIpc) is 3.01. The first kappa shape index (κ1) is 19.4. The van der Waals surface area contributed by atoms with Gasteiger partial charge >= 0.3 is 0 Å². The van der Waals surface area contributed by atoms with Crippen molar-refractivity contribution in [3.63, 3.8) is 0 Å². The second kappa shape index (κ2) is 10.2. The number of carbonyl (C=O) groups excluding carboxylic acids is 1. The molecule has 1 unspecified atom stereocenters. The highest BCUT2D eigenvalue weighted by atomic mass is 32.2. The van der Waals surface area contributed by atoms with Crippen LogP contribution in [0.25, 0.3) is 0 Å². The van der Waals surface area contributed by atoms with Gasteiger partial charge in [-0.25, -0.2) is 0 Å². The van der Waals surface area contributed by atoms with Crippen LogP contribution in [0.2, 0.25) is 0 Å². The molecule has 1 heterocycles. The summed E-state index contributed by atoms with van der Waals surface area (Å²) in [6, 6.07) is 0.396. The van der Waals surface area contributed by atoms with E-state index in [4.69, 9.17) is 4.99 Å². The van der Waals surface area contributed by atoms with Crippen LogP contribution in [-0.4, -0.2) is 48.0 Å². The van der Waals surface area contributed by atoms with Crippen LogP contribution >= 0.6 is 11.8 Å². The van der Waals surface area contributed by atoms with E-state index in [1.807, 2.05) is 11.8 Å². The van der Waals surface area contributed by atoms with Crippen LogP contribution < -0.4 is 16.0 Å². The van der Waals surface area contributed by atoms with Crippen molar-refractivity contribution in [3.05, 3.63) is 0 Å². The lowest BCUT2D eigenvalue weighted by atomic mass is 9.95. The molecule has 1 aliphatic carbocycles. The lowest BCUT2D eigenvalue weighted by Gasteiger charge is -2.23. The molecule has 0 bridgehead atoms. The van der Waals surface area contributed by atoms with Gasteiger partial charge in [-0.3, -0.25) is 9.79 Å². The molecule has 0 spiro atoms. The molecule has 138 valence electrons. The molecule has 6 heteroatoms. The zero-order chi connectivity index (χ0) is 17.3. The van der Waals surface area contributed by atoms with E-state index >= 15 is 0 Å². The number of carbonyl (C=O) groups is 1. The molecule has 3 N–H and O–H groups in total. The van der Waals surface area contributed by atoms with Crippen molar-refractivity contribution in [3.8, 4) is 0 Å². The van der Waals surface area contributed by atoms with Crippen molar-refractivity contribution in [1.82, 2.24) is 16.0 Å². The summed E-state index contributed by atoms with van der Waals surface area (Å²) in [5.74, 6) is 2.23. The molecular weight excluding hydrogens is 320 g/mol. The first-order valence-corrected chi connectivity index (χ1v) is 10.6. The first-order chi connectivity index (χ1) is 11.6. The van der Waals surface area contributed by atoms with Crippen molar-refractivity contribution in [2.45, 2.75) is 76.0 Å². The molecule has 2 rings (SSSR count). The lowest BCUT2D eigenvalue weighted by Crippen LogP contribution is -2.41. The third-order valence-electron chi connectivity index (χ3n) is 4.83. The smallest absolute Gasteiger partial charge is 0.221 e. The highest BCUT2D eigenvalue weighted by Gasteiger charge is 2.29. The molecule has 1 aliphatic heterocycles. The maximum atomic E-state index is 12.1. The maximum Gasteiger partial charge on any atom is 0.221 e. The molecule has 5 nitrogen and oxygen atoms in total. The molecule has 0 aromatic rings. The zero-order valence-corrected chi connectivity index (χ0v) is 16.1. The second-order valence-electron chi connectivity index (χ2n) is 7.18. The Bertz CT molecular complexity index is 415. The van der Waals surface area contributed by atoms with Crippen molar-refractivity contribution in [2.24, 2.45) is 4.99 Å². The van der Waals surface area contributed by atoms with Gasteiger partial charge in [0.1, 0.15) is 0 Å². The van der Waals surface area contributed by atoms with Crippen LogP contribution in [0.15, 0.2) is 4.99 Å². The summed E-state index contributed by atoms with van der Waals surface area (Å²) < 4.78 is 0.278. The van der Waals surface area contributed by atoms with E-state index in [2.05, 4.69) is 29.8 Å². The Hall–Kier alpha value is -0.910. The first-order valence-electron chi connectivity index (χ1n) is 9.57. The summed E-state index contributed by atoms with van der Waals surface area (Å²) in [6.45, 7) is 6.67. The standard InChI is InChI=1S/C18H34N4OS/c1-3-19-17(21-14-18(2)11-7-13-24-18)20-12-10-16(23)22-15-8-5-4-6-9-15/h15H,3-14H2,1-2H3,(H,22,23)(H2,19,20,21). The Morgan fingerprint density at radius 1 is 1.21 bits per heavy atom. The molecular formula is C18H34N4OS. The van der Waals surface area contributed by atoms with Crippen LogP contribution in [0, 0.1) is 0 Å². The fourth-order valence-corrected chi connectivity index (χ4v) is 4.62. The van der Waals surface area contributed by atoms with E-state index in [1.165, 1.54) is 37.9 Å². The fourth-order valence-electron chi connectivity index (χ4n) is 3.39. The predicted molar refractivity (Wildman–Crippen MR) is 104 cm³/mol. The maximum absolute atomic E-state index is 12.1. The Labute approximate surface area is 151 Å². The van der Waals surface area contributed by atoms with Crippen molar-refractivity contribution in [2.75, 3.05) is 25.4 Å². The molecule has 0 radical (unpaired) electrons. The number of thioether (sulfide) groups is 1. The van der Waals surface area contributed by atoms with Crippen molar-refractivity contribution >= 4 is 23.6 Å². The van der Waals surface area contributed by atoms with Crippen LogP contribution in [-0.2, 0) is 4.79 Å². The minimum absolute atomic E-state index is 0.156. The van der Waals surface area contributed by atoms with Gasteiger partial charge in [-0.15, -0.1) is 0 Å². The molecule has 2 aliphatic rings. The third kappa shape index (κ3) is 6.91. The summed E-state index contributed by atoms with van der Waals surface area (Å²) in [4.78, 5) is 16.8. The highest BCUT2D eigenvalue weighted by Crippen LogP contribution is 2.37. The van der Waals surface area contributed by atoms with Crippen LogP contribution in [0.5, 0.6) is 0 Å². The van der Waals surface area contributed by atoms with Gasteiger partial charge in [0.05, 0.1) is 6.54 Å². The minimum Gasteiger partial charge on any atom is -0.357 e. The Kier molecular flexibility index (Phi) is 8.22. The van der Waals surface area contributed by atoms with Crippen molar-refractivity contribution in [1.29, 1.82) is 0 Å². The molecule has 24 heavy (non-hydrogen) atoms. The summed E-state index contributed by atoms with van der Waals surface area (Å²) in [5, 5.41) is 9.74. The number of nitrogens with one attached hydrogen (secondary N) is 3. The molecule has 1 saturated carbocycles.